The average molecular weight is 387 g/mol. The number of hydrogen-bond acceptors (Lipinski definition) is 3. The molecule has 2 N–H and O–H groups in total. The standard InChI is InChI=1S/C20H19ClN2O2S/c1-3-12(2)22-19(24)13-7-6-8-14(11-13)23-20(25)18-17(21)15-9-4-5-10-16(15)26-18/h4-12H,3H2,1-2H3,(H,22,24)(H,23,25). The maximum absolute atomic E-state index is 12.6. The van der Waals surface area contributed by atoms with Gasteiger partial charge in [-0.15, -0.1) is 11.3 Å². The average Bonchev–Trinajstić information content (AvgIpc) is 2.99. The maximum Gasteiger partial charge on any atom is 0.267 e. The van der Waals surface area contributed by atoms with E-state index >= 15 is 0 Å². The van der Waals surface area contributed by atoms with Crippen LogP contribution in [0.4, 0.5) is 5.69 Å². The molecule has 2 aromatic carbocycles. The first-order valence-corrected chi connectivity index (χ1v) is 9.58. The Hall–Kier alpha value is -2.37. The van der Waals surface area contributed by atoms with Crippen LogP contribution in [0, 0.1) is 0 Å². The molecular formula is C20H19ClN2O2S. The van der Waals surface area contributed by atoms with Gasteiger partial charge in [0.15, 0.2) is 0 Å². The van der Waals surface area contributed by atoms with Crippen molar-refractivity contribution in [2.24, 2.45) is 0 Å². The highest BCUT2D eigenvalue weighted by molar-refractivity contribution is 7.21. The minimum atomic E-state index is -0.282. The van der Waals surface area contributed by atoms with Crippen molar-refractivity contribution in [3.63, 3.8) is 0 Å². The van der Waals surface area contributed by atoms with Gasteiger partial charge in [-0.05, 0) is 37.6 Å². The second-order valence-corrected chi connectivity index (χ2v) is 7.49. The molecule has 1 unspecified atom stereocenters. The molecule has 0 saturated carbocycles. The summed E-state index contributed by atoms with van der Waals surface area (Å²) < 4.78 is 0.962. The van der Waals surface area contributed by atoms with Gasteiger partial charge in [0.25, 0.3) is 11.8 Å². The molecule has 0 aliphatic rings. The summed E-state index contributed by atoms with van der Waals surface area (Å²) in [7, 11) is 0. The third-order valence-electron chi connectivity index (χ3n) is 4.11. The number of benzene rings is 2. The molecule has 0 fully saturated rings. The lowest BCUT2D eigenvalue weighted by atomic mass is 10.1. The Morgan fingerprint density at radius 1 is 1.12 bits per heavy atom. The van der Waals surface area contributed by atoms with Crippen LogP contribution in [0.25, 0.3) is 10.1 Å². The van der Waals surface area contributed by atoms with Crippen LogP contribution in [0.3, 0.4) is 0 Å². The van der Waals surface area contributed by atoms with Gasteiger partial charge in [-0.1, -0.05) is 42.8 Å². The summed E-state index contributed by atoms with van der Waals surface area (Å²) in [4.78, 5) is 25.3. The molecule has 3 aromatic rings. The van der Waals surface area contributed by atoms with E-state index in [1.165, 1.54) is 11.3 Å². The first kappa shape index (κ1) is 18.4. The van der Waals surface area contributed by atoms with E-state index in [0.717, 1.165) is 16.5 Å². The molecule has 134 valence electrons. The zero-order chi connectivity index (χ0) is 18.7. The molecule has 1 aromatic heterocycles. The number of fused-ring (bicyclic) bond motifs is 1. The van der Waals surface area contributed by atoms with Crippen LogP contribution in [-0.2, 0) is 0 Å². The normalized spacial score (nSPS) is 12.0. The van der Waals surface area contributed by atoms with Crippen LogP contribution in [-0.4, -0.2) is 17.9 Å². The maximum atomic E-state index is 12.6. The number of amides is 2. The number of hydrogen-bond donors (Lipinski definition) is 2. The van der Waals surface area contributed by atoms with E-state index in [0.29, 0.717) is 21.2 Å². The molecule has 6 heteroatoms. The fourth-order valence-corrected chi connectivity index (χ4v) is 3.91. The number of rotatable bonds is 5. The van der Waals surface area contributed by atoms with Gasteiger partial charge in [0, 0.05) is 27.4 Å². The number of carbonyl (C=O) groups excluding carboxylic acids is 2. The van der Waals surface area contributed by atoms with E-state index in [4.69, 9.17) is 11.6 Å². The van der Waals surface area contributed by atoms with Crippen LogP contribution in [0.2, 0.25) is 5.02 Å². The second kappa shape index (κ2) is 7.89. The zero-order valence-electron chi connectivity index (χ0n) is 14.5. The van der Waals surface area contributed by atoms with Gasteiger partial charge in [-0.2, -0.15) is 0 Å². The topological polar surface area (TPSA) is 58.2 Å². The molecule has 0 bridgehead atoms. The summed E-state index contributed by atoms with van der Waals surface area (Å²) in [5.74, 6) is -0.439. The monoisotopic (exact) mass is 386 g/mol. The first-order valence-electron chi connectivity index (χ1n) is 8.39. The Morgan fingerprint density at radius 2 is 1.88 bits per heavy atom. The summed E-state index contributed by atoms with van der Waals surface area (Å²) >= 11 is 7.71. The van der Waals surface area contributed by atoms with Gasteiger partial charge >= 0.3 is 0 Å². The summed E-state index contributed by atoms with van der Waals surface area (Å²) in [5.41, 5.74) is 1.06. The Balaban J connectivity index is 1.80. The molecule has 1 atom stereocenters. The molecule has 0 aliphatic carbocycles. The van der Waals surface area contributed by atoms with E-state index in [-0.39, 0.29) is 17.9 Å². The van der Waals surface area contributed by atoms with Crippen molar-refractivity contribution in [3.8, 4) is 0 Å². The Morgan fingerprint density at radius 3 is 2.62 bits per heavy atom. The van der Waals surface area contributed by atoms with E-state index in [1.807, 2.05) is 38.1 Å². The highest BCUT2D eigenvalue weighted by Gasteiger charge is 2.17. The van der Waals surface area contributed by atoms with Crippen LogP contribution in [0.1, 0.15) is 40.3 Å². The highest BCUT2D eigenvalue weighted by atomic mass is 35.5. The number of thiophene rings is 1. The molecular weight excluding hydrogens is 368 g/mol. The predicted molar refractivity (Wildman–Crippen MR) is 108 cm³/mol. The van der Waals surface area contributed by atoms with Crippen LogP contribution in [0.5, 0.6) is 0 Å². The van der Waals surface area contributed by atoms with Crippen molar-refractivity contribution >= 4 is 50.5 Å². The van der Waals surface area contributed by atoms with E-state index in [9.17, 15) is 9.59 Å². The van der Waals surface area contributed by atoms with Gasteiger partial charge in [0.2, 0.25) is 0 Å². The fraction of sp³-hybridized carbons (Fsp3) is 0.200. The number of carbonyl (C=O) groups is 2. The van der Waals surface area contributed by atoms with Crippen LogP contribution >= 0.6 is 22.9 Å². The van der Waals surface area contributed by atoms with E-state index in [2.05, 4.69) is 10.6 Å². The van der Waals surface area contributed by atoms with Crippen LogP contribution < -0.4 is 10.6 Å². The lowest BCUT2D eigenvalue weighted by molar-refractivity contribution is 0.0938. The Labute approximate surface area is 161 Å². The molecule has 1 heterocycles. The fourth-order valence-electron chi connectivity index (χ4n) is 2.50. The summed E-state index contributed by atoms with van der Waals surface area (Å²) in [6.45, 7) is 3.96. The first-order chi connectivity index (χ1) is 12.5. The molecule has 4 nitrogen and oxygen atoms in total. The third-order valence-corrected chi connectivity index (χ3v) is 5.79. The lowest BCUT2D eigenvalue weighted by Gasteiger charge is -2.12. The van der Waals surface area contributed by atoms with Crippen molar-refractivity contribution in [1.29, 1.82) is 0 Å². The lowest BCUT2D eigenvalue weighted by Crippen LogP contribution is -2.31. The van der Waals surface area contributed by atoms with Gasteiger partial charge in [-0.3, -0.25) is 9.59 Å². The molecule has 0 spiro atoms. The third kappa shape index (κ3) is 3.89. The molecule has 26 heavy (non-hydrogen) atoms. The van der Waals surface area contributed by atoms with Gasteiger partial charge in [0.1, 0.15) is 4.88 Å². The van der Waals surface area contributed by atoms with Crippen molar-refractivity contribution in [2.45, 2.75) is 26.3 Å². The van der Waals surface area contributed by atoms with Gasteiger partial charge in [0.05, 0.1) is 5.02 Å². The quantitative estimate of drug-likeness (QED) is 0.622. The Kier molecular flexibility index (Phi) is 5.59. The van der Waals surface area contributed by atoms with Gasteiger partial charge < -0.3 is 10.6 Å². The van der Waals surface area contributed by atoms with Gasteiger partial charge in [-0.25, -0.2) is 0 Å². The van der Waals surface area contributed by atoms with Crippen molar-refractivity contribution < 1.29 is 9.59 Å². The van der Waals surface area contributed by atoms with Crippen LogP contribution in [0.15, 0.2) is 48.5 Å². The second-order valence-electron chi connectivity index (χ2n) is 6.06. The largest absolute Gasteiger partial charge is 0.350 e. The molecule has 0 radical (unpaired) electrons. The summed E-state index contributed by atoms with van der Waals surface area (Å²) in [6, 6.07) is 14.6. The van der Waals surface area contributed by atoms with E-state index in [1.54, 1.807) is 24.3 Å². The smallest absolute Gasteiger partial charge is 0.267 e. The van der Waals surface area contributed by atoms with Crippen molar-refractivity contribution in [1.82, 2.24) is 5.32 Å². The summed E-state index contributed by atoms with van der Waals surface area (Å²) in [6.07, 6.45) is 0.854. The molecule has 0 saturated heterocycles. The predicted octanol–water partition coefficient (Wildman–Crippen LogP) is 5.34. The summed E-state index contributed by atoms with van der Waals surface area (Å²) in [5, 5.41) is 7.06. The van der Waals surface area contributed by atoms with E-state index < -0.39 is 0 Å². The number of halogens is 1. The molecule has 2 amide bonds. The minimum absolute atomic E-state index is 0.0955. The number of anilines is 1. The highest BCUT2D eigenvalue weighted by Crippen LogP contribution is 2.35. The Bertz CT molecular complexity index is 967. The van der Waals surface area contributed by atoms with Crippen molar-refractivity contribution in [3.05, 3.63) is 64.0 Å². The zero-order valence-corrected chi connectivity index (χ0v) is 16.1. The molecule has 0 aliphatic heterocycles. The van der Waals surface area contributed by atoms with Crippen molar-refractivity contribution in [2.75, 3.05) is 5.32 Å². The molecule has 3 rings (SSSR count). The SMILES string of the molecule is CCC(C)NC(=O)c1cccc(NC(=O)c2sc3ccccc3c2Cl)c1. The minimum Gasteiger partial charge on any atom is -0.350 e. The number of nitrogens with one attached hydrogen (secondary N) is 2.